The molecule has 1 aliphatic heterocycles. The van der Waals surface area contributed by atoms with Gasteiger partial charge in [0.1, 0.15) is 8.07 Å². The van der Waals surface area contributed by atoms with Crippen LogP contribution in [0.3, 0.4) is 0 Å². The first-order valence-corrected chi connectivity index (χ1v) is 18.2. The Morgan fingerprint density at radius 1 is 0.932 bits per heavy atom. The summed E-state index contributed by atoms with van der Waals surface area (Å²) in [4.78, 5) is 25.8. The van der Waals surface area contributed by atoms with Crippen molar-refractivity contribution in [1.82, 2.24) is 19.9 Å². The van der Waals surface area contributed by atoms with E-state index in [0.29, 0.717) is 39.3 Å². The standard InChI is InChI=1S/C36H44N6OSi/c1-25(2)44(26(3)4,27(5)6)21-16-28-22-33(43)42(31-10-8-7-9-11-31)34-32(28)23-37-35(40-34)39-29-12-14-30(15-13-29)41-20-19-38-36(24-41)17-18-36/h7-15,22-23,25-27,38H,17-20,24H2,1-6H3,(H,37,39,40). The molecular formula is C36H44N6OSi. The van der Waals surface area contributed by atoms with Crippen molar-refractivity contribution >= 4 is 36.4 Å². The minimum atomic E-state index is -2.01. The largest absolute Gasteiger partial charge is 0.368 e. The second-order valence-corrected chi connectivity index (χ2v) is 19.0. The molecule has 228 valence electrons. The normalized spacial score (nSPS) is 16.1. The smallest absolute Gasteiger partial charge is 0.258 e. The minimum Gasteiger partial charge on any atom is -0.368 e. The summed E-state index contributed by atoms with van der Waals surface area (Å²) in [5.74, 6) is 3.94. The van der Waals surface area contributed by atoms with Crippen LogP contribution in [0.25, 0.3) is 16.7 Å². The van der Waals surface area contributed by atoms with Gasteiger partial charge < -0.3 is 15.5 Å². The zero-order valence-electron chi connectivity index (χ0n) is 26.8. The van der Waals surface area contributed by atoms with E-state index >= 15 is 0 Å². The highest BCUT2D eigenvalue weighted by Gasteiger charge is 2.45. The quantitative estimate of drug-likeness (QED) is 0.174. The van der Waals surface area contributed by atoms with Crippen LogP contribution in [0.15, 0.2) is 71.7 Å². The summed E-state index contributed by atoms with van der Waals surface area (Å²) in [5.41, 5.74) is 9.55. The predicted octanol–water partition coefficient (Wildman–Crippen LogP) is 7.04. The van der Waals surface area contributed by atoms with Gasteiger partial charge >= 0.3 is 0 Å². The Balaban J connectivity index is 1.38. The molecule has 6 rings (SSSR count). The first-order chi connectivity index (χ1) is 21.1. The van der Waals surface area contributed by atoms with Gasteiger partial charge in [0.05, 0.1) is 11.1 Å². The van der Waals surface area contributed by atoms with Crippen LogP contribution in [-0.4, -0.2) is 47.8 Å². The number of aromatic nitrogens is 3. The molecule has 2 fully saturated rings. The molecular weight excluding hydrogens is 561 g/mol. The Kier molecular flexibility index (Phi) is 8.12. The lowest BCUT2D eigenvalue weighted by Crippen LogP contribution is -2.52. The van der Waals surface area contributed by atoms with Gasteiger partial charge in [0.25, 0.3) is 5.56 Å². The van der Waals surface area contributed by atoms with E-state index < -0.39 is 8.07 Å². The number of hydrogen-bond acceptors (Lipinski definition) is 6. The zero-order chi connectivity index (χ0) is 31.1. The van der Waals surface area contributed by atoms with E-state index in [9.17, 15) is 4.79 Å². The number of piperazine rings is 1. The molecule has 1 saturated carbocycles. The summed E-state index contributed by atoms with van der Waals surface area (Å²) in [6.45, 7) is 16.9. The molecule has 44 heavy (non-hydrogen) atoms. The second kappa shape index (κ2) is 11.9. The molecule has 0 unspecified atom stereocenters. The van der Waals surface area contributed by atoms with Gasteiger partial charge in [0.15, 0.2) is 5.65 Å². The molecule has 0 amide bonds. The average molecular weight is 605 g/mol. The van der Waals surface area contributed by atoms with Gasteiger partial charge in [0, 0.05) is 54.4 Å². The third-order valence-electron chi connectivity index (χ3n) is 9.77. The van der Waals surface area contributed by atoms with Gasteiger partial charge in [-0.2, -0.15) is 4.98 Å². The Morgan fingerprint density at radius 3 is 2.25 bits per heavy atom. The molecule has 1 spiro atoms. The molecule has 0 radical (unpaired) electrons. The van der Waals surface area contributed by atoms with Crippen molar-refractivity contribution in [3.05, 3.63) is 82.8 Å². The monoisotopic (exact) mass is 604 g/mol. The van der Waals surface area contributed by atoms with E-state index in [0.717, 1.165) is 36.4 Å². The predicted molar refractivity (Wildman–Crippen MR) is 185 cm³/mol. The molecule has 8 heteroatoms. The SMILES string of the molecule is CC(C)[Si](C#Cc1cc(=O)n(-c2ccccc2)c2nc(Nc3ccc(N4CCNC5(CC5)C4)cc3)ncc12)(C(C)C)C(C)C. The molecule has 0 atom stereocenters. The van der Waals surface area contributed by atoms with E-state index in [2.05, 4.69) is 92.8 Å². The maximum Gasteiger partial charge on any atom is 0.258 e. The van der Waals surface area contributed by atoms with Crippen LogP contribution in [0, 0.1) is 11.5 Å². The van der Waals surface area contributed by atoms with Crippen LogP contribution in [0.2, 0.25) is 16.6 Å². The molecule has 7 nitrogen and oxygen atoms in total. The fourth-order valence-electron chi connectivity index (χ4n) is 7.25. The highest BCUT2D eigenvalue weighted by molar-refractivity contribution is 6.90. The highest BCUT2D eigenvalue weighted by atomic mass is 28.3. The third kappa shape index (κ3) is 5.67. The molecule has 2 aromatic heterocycles. The number of hydrogen-bond donors (Lipinski definition) is 2. The maximum atomic E-state index is 13.7. The van der Waals surface area contributed by atoms with Gasteiger partial charge in [-0.1, -0.05) is 65.7 Å². The van der Waals surface area contributed by atoms with Crippen LogP contribution >= 0.6 is 0 Å². The summed E-state index contributed by atoms with van der Waals surface area (Å²) >= 11 is 0. The third-order valence-corrected chi connectivity index (χ3v) is 16.1. The van der Waals surface area contributed by atoms with Crippen LogP contribution in [0.5, 0.6) is 0 Å². The van der Waals surface area contributed by atoms with E-state index in [-0.39, 0.29) is 5.56 Å². The van der Waals surface area contributed by atoms with Crippen molar-refractivity contribution in [2.75, 3.05) is 29.9 Å². The first kappa shape index (κ1) is 30.1. The van der Waals surface area contributed by atoms with Gasteiger partial charge in [-0.15, -0.1) is 5.54 Å². The summed E-state index contributed by atoms with van der Waals surface area (Å²) < 4.78 is 1.66. The highest BCUT2D eigenvalue weighted by Crippen LogP contribution is 2.41. The fourth-order valence-corrected chi connectivity index (χ4v) is 12.5. The Labute approximate surface area is 262 Å². The fraction of sp³-hybridized carbons (Fsp3) is 0.417. The number of benzene rings is 2. The van der Waals surface area contributed by atoms with Crippen molar-refractivity contribution in [2.24, 2.45) is 0 Å². The molecule has 2 aliphatic rings. The maximum absolute atomic E-state index is 13.7. The molecule has 1 aliphatic carbocycles. The summed E-state index contributed by atoms with van der Waals surface area (Å²) in [6, 6.07) is 19.8. The molecule has 1 saturated heterocycles. The Bertz CT molecular complexity index is 1740. The lowest BCUT2D eigenvalue weighted by Gasteiger charge is -2.38. The number of anilines is 3. The lowest BCUT2D eigenvalue weighted by atomic mass is 10.1. The van der Waals surface area contributed by atoms with Crippen molar-refractivity contribution in [3.63, 3.8) is 0 Å². The Morgan fingerprint density at radius 2 is 1.61 bits per heavy atom. The summed E-state index contributed by atoms with van der Waals surface area (Å²) in [6.07, 6.45) is 4.33. The number of fused-ring (bicyclic) bond motifs is 1. The van der Waals surface area contributed by atoms with Gasteiger partial charge in [-0.3, -0.25) is 9.36 Å². The van der Waals surface area contributed by atoms with E-state index in [1.165, 1.54) is 18.5 Å². The van der Waals surface area contributed by atoms with Crippen LogP contribution in [-0.2, 0) is 0 Å². The Hall–Kier alpha value is -3.93. The number of rotatable bonds is 7. The van der Waals surface area contributed by atoms with E-state index in [1.807, 2.05) is 30.3 Å². The summed E-state index contributed by atoms with van der Waals surface area (Å²) in [5, 5.41) is 7.83. The van der Waals surface area contributed by atoms with Gasteiger partial charge in [0.2, 0.25) is 5.95 Å². The molecule has 2 N–H and O–H groups in total. The molecule has 3 heterocycles. The minimum absolute atomic E-state index is 0.155. The topological polar surface area (TPSA) is 75.1 Å². The van der Waals surface area contributed by atoms with Crippen LogP contribution in [0.4, 0.5) is 17.3 Å². The van der Waals surface area contributed by atoms with Crippen LogP contribution < -0.4 is 21.1 Å². The molecule has 2 aromatic carbocycles. The lowest BCUT2D eigenvalue weighted by molar-refractivity contribution is 0.442. The van der Waals surface area contributed by atoms with E-state index in [4.69, 9.17) is 9.97 Å². The number of para-hydroxylation sites is 1. The van der Waals surface area contributed by atoms with Gasteiger partial charge in [-0.25, -0.2) is 4.98 Å². The van der Waals surface area contributed by atoms with Crippen molar-refractivity contribution in [1.29, 1.82) is 0 Å². The van der Waals surface area contributed by atoms with Crippen molar-refractivity contribution < 1.29 is 0 Å². The van der Waals surface area contributed by atoms with Crippen LogP contribution in [0.1, 0.15) is 59.9 Å². The molecule has 4 aromatic rings. The summed E-state index contributed by atoms with van der Waals surface area (Å²) in [7, 11) is -2.01. The average Bonchev–Trinajstić information content (AvgIpc) is 3.75. The number of nitrogens with zero attached hydrogens (tertiary/aromatic N) is 4. The van der Waals surface area contributed by atoms with Gasteiger partial charge in [-0.05, 0) is 65.9 Å². The number of nitrogens with one attached hydrogen (secondary N) is 2. The second-order valence-electron chi connectivity index (χ2n) is 13.4. The number of pyridine rings is 1. The first-order valence-electron chi connectivity index (χ1n) is 16.0. The van der Waals surface area contributed by atoms with E-state index in [1.54, 1.807) is 16.8 Å². The zero-order valence-corrected chi connectivity index (χ0v) is 27.8. The van der Waals surface area contributed by atoms with Crippen molar-refractivity contribution in [3.8, 4) is 17.2 Å². The van der Waals surface area contributed by atoms with Crippen molar-refractivity contribution in [2.45, 2.75) is 76.5 Å². The molecule has 0 bridgehead atoms.